The van der Waals surface area contributed by atoms with Crippen LogP contribution in [0.1, 0.15) is 58.1 Å². The van der Waals surface area contributed by atoms with Crippen LogP contribution in [-0.4, -0.2) is 30.9 Å². The summed E-state index contributed by atoms with van der Waals surface area (Å²) in [5, 5.41) is 2.41. The Labute approximate surface area is 289 Å². The van der Waals surface area contributed by atoms with E-state index in [1.807, 2.05) is 48.5 Å². The molecule has 0 radical (unpaired) electrons. The first-order valence-corrected chi connectivity index (χ1v) is 16.8. The SMILES string of the molecule is O=C1NC(=O)N(c2cc3c4c(c2)[C@@H](c2ccccc2)CCN4CC[C@@H]3c2ccccc2)C(=O)/C1=C/c1ccc(OCc2ccc(F)cc2)cc1. The molecule has 3 aliphatic rings. The van der Waals surface area contributed by atoms with Gasteiger partial charge in [-0.3, -0.25) is 14.9 Å². The molecule has 248 valence electrons. The molecule has 8 rings (SSSR count). The van der Waals surface area contributed by atoms with Crippen molar-refractivity contribution >= 4 is 35.3 Å². The van der Waals surface area contributed by atoms with E-state index in [1.165, 1.54) is 35.0 Å². The van der Waals surface area contributed by atoms with Gasteiger partial charge < -0.3 is 9.64 Å². The molecule has 1 N–H and O–H groups in total. The van der Waals surface area contributed by atoms with E-state index in [9.17, 15) is 18.8 Å². The summed E-state index contributed by atoms with van der Waals surface area (Å²) in [6.07, 6.45) is 3.30. The average Bonchev–Trinajstić information content (AvgIpc) is 3.14. The minimum Gasteiger partial charge on any atom is -0.489 e. The van der Waals surface area contributed by atoms with E-state index in [2.05, 4.69) is 34.5 Å². The Morgan fingerprint density at radius 1 is 0.740 bits per heavy atom. The molecule has 5 aromatic carbocycles. The van der Waals surface area contributed by atoms with E-state index in [0.29, 0.717) is 17.0 Å². The maximum atomic E-state index is 14.2. The van der Waals surface area contributed by atoms with Gasteiger partial charge in [0.1, 0.15) is 23.7 Å². The maximum Gasteiger partial charge on any atom is 0.335 e. The molecule has 1 saturated heterocycles. The van der Waals surface area contributed by atoms with Crippen molar-refractivity contribution in [3.8, 4) is 5.75 Å². The number of hydrogen-bond acceptors (Lipinski definition) is 5. The van der Waals surface area contributed by atoms with Crippen LogP contribution in [0.3, 0.4) is 0 Å². The quantitative estimate of drug-likeness (QED) is 0.141. The van der Waals surface area contributed by atoms with Crippen LogP contribution >= 0.6 is 0 Å². The molecule has 3 heterocycles. The predicted octanol–water partition coefficient (Wildman–Crippen LogP) is 7.95. The highest BCUT2D eigenvalue weighted by atomic mass is 19.1. The first kappa shape index (κ1) is 31.3. The van der Waals surface area contributed by atoms with Crippen molar-refractivity contribution in [2.24, 2.45) is 0 Å². The lowest BCUT2D eigenvalue weighted by molar-refractivity contribution is -0.122. The lowest BCUT2D eigenvalue weighted by atomic mass is 9.76. The maximum absolute atomic E-state index is 14.2. The lowest BCUT2D eigenvalue weighted by Crippen LogP contribution is -2.54. The summed E-state index contributed by atoms with van der Waals surface area (Å²) in [7, 11) is 0. The van der Waals surface area contributed by atoms with Gasteiger partial charge in [0.2, 0.25) is 0 Å². The van der Waals surface area contributed by atoms with Crippen molar-refractivity contribution in [3.05, 3.63) is 166 Å². The number of carbonyl (C=O) groups is 3. The lowest BCUT2D eigenvalue weighted by Gasteiger charge is -2.44. The van der Waals surface area contributed by atoms with E-state index >= 15 is 0 Å². The molecule has 0 saturated carbocycles. The molecule has 0 spiro atoms. The molecule has 1 fully saturated rings. The van der Waals surface area contributed by atoms with E-state index in [1.54, 1.807) is 36.4 Å². The van der Waals surface area contributed by atoms with Gasteiger partial charge in [0, 0.05) is 30.6 Å². The van der Waals surface area contributed by atoms with Crippen molar-refractivity contribution in [1.82, 2.24) is 5.32 Å². The van der Waals surface area contributed by atoms with Crippen LogP contribution in [0.15, 0.2) is 127 Å². The molecular weight excluding hydrogens is 629 g/mol. The molecule has 8 heteroatoms. The summed E-state index contributed by atoms with van der Waals surface area (Å²) < 4.78 is 19.1. The molecule has 0 unspecified atom stereocenters. The average molecular weight is 664 g/mol. The van der Waals surface area contributed by atoms with Crippen LogP contribution in [0, 0.1) is 5.82 Å². The topological polar surface area (TPSA) is 79.0 Å². The number of amides is 4. The number of imide groups is 2. The van der Waals surface area contributed by atoms with Gasteiger partial charge in [-0.25, -0.2) is 14.1 Å². The number of nitrogens with one attached hydrogen (secondary N) is 1. The Morgan fingerprint density at radius 3 is 1.90 bits per heavy atom. The highest BCUT2D eigenvalue weighted by Crippen LogP contribution is 2.50. The summed E-state index contributed by atoms with van der Waals surface area (Å²) in [6.45, 7) is 2.09. The third-order valence-corrected chi connectivity index (χ3v) is 9.87. The number of urea groups is 1. The summed E-state index contributed by atoms with van der Waals surface area (Å²) >= 11 is 0. The first-order valence-electron chi connectivity index (χ1n) is 16.8. The summed E-state index contributed by atoms with van der Waals surface area (Å²) in [5.74, 6) is -1.00. The number of ether oxygens (including phenoxy) is 1. The number of benzene rings is 5. The molecule has 2 atom stereocenters. The highest BCUT2D eigenvalue weighted by molar-refractivity contribution is 6.39. The smallest absolute Gasteiger partial charge is 0.335 e. The molecule has 50 heavy (non-hydrogen) atoms. The van der Waals surface area contributed by atoms with Gasteiger partial charge in [-0.05, 0) is 88.7 Å². The molecular formula is C42H34FN3O4. The van der Waals surface area contributed by atoms with Crippen molar-refractivity contribution in [2.75, 3.05) is 22.9 Å². The Hall–Kier alpha value is -6.02. The normalized spacial score (nSPS) is 19.3. The van der Waals surface area contributed by atoms with Crippen molar-refractivity contribution < 1.29 is 23.5 Å². The molecule has 0 aromatic heterocycles. The van der Waals surface area contributed by atoms with Crippen LogP contribution in [0.25, 0.3) is 6.08 Å². The molecule has 5 aromatic rings. The Balaban J connectivity index is 1.15. The number of halogens is 1. The van der Waals surface area contributed by atoms with Crippen LogP contribution in [0.2, 0.25) is 0 Å². The zero-order valence-electron chi connectivity index (χ0n) is 27.2. The minimum atomic E-state index is -0.773. The molecule has 4 amide bonds. The first-order chi connectivity index (χ1) is 24.4. The Morgan fingerprint density at radius 2 is 1.32 bits per heavy atom. The van der Waals surface area contributed by atoms with Crippen LogP contribution in [0.4, 0.5) is 20.6 Å². The van der Waals surface area contributed by atoms with Gasteiger partial charge in [-0.15, -0.1) is 0 Å². The summed E-state index contributed by atoms with van der Waals surface area (Å²) in [4.78, 5) is 44.3. The van der Waals surface area contributed by atoms with Crippen molar-refractivity contribution in [3.63, 3.8) is 0 Å². The standard InChI is InChI=1S/C42H34FN3O4/c43-31-15-11-28(12-16-31)26-50-33-17-13-27(14-18-33)23-38-40(47)44-42(49)46(41(38)48)32-24-36-34(29-7-3-1-4-8-29)19-21-45-22-20-35(37(25-32)39(36)45)30-9-5-2-6-10-30/h1-18,23-25,34-35H,19-22,26H2,(H,44,47,49)/b38-23+/t34-,35-/m1/s1. The van der Waals surface area contributed by atoms with Crippen LogP contribution < -0.4 is 19.9 Å². The number of carbonyl (C=O) groups excluding carboxylic acids is 3. The predicted molar refractivity (Wildman–Crippen MR) is 191 cm³/mol. The van der Waals surface area contributed by atoms with Crippen molar-refractivity contribution in [1.29, 1.82) is 0 Å². The van der Waals surface area contributed by atoms with Gasteiger partial charge in [0.05, 0.1) is 5.69 Å². The fourth-order valence-electron chi connectivity index (χ4n) is 7.43. The Bertz CT molecular complexity index is 2040. The summed E-state index contributed by atoms with van der Waals surface area (Å²) in [6, 6.07) is 36.9. The van der Waals surface area contributed by atoms with Gasteiger partial charge >= 0.3 is 6.03 Å². The number of rotatable bonds is 7. The van der Waals surface area contributed by atoms with E-state index in [4.69, 9.17) is 4.74 Å². The summed E-state index contributed by atoms with van der Waals surface area (Å²) in [5.41, 5.74) is 7.41. The zero-order valence-corrected chi connectivity index (χ0v) is 27.2. The number of hydrogen-bond donors (Lipinski definition) is 1. The fourth-order valence-corrected chi connectivity index (χ4v) is 7.43. The minimum absolute atomic E-state index is 0.0825. The highest BCUT2D eigenvalue weighted by Gasteiger charge is 2.40. The van der Waals surface area contributed by atoms with Gasteiger partial charge in [-0.1, -0.05) is 84.9 Å². The second-order valence-corrected chi connectivity index (χ2v) is 12.9. The molecule has 0 bridgehead atoms. The third kappa shape index (κ3) is 5.94. The molecule has 0 aliphatic carbocycles. The zero-order chi connectivity index (χ0) is 34.2. The second-order valence-electron chi connectivity index (χ2n) is 12.9. The molecule has 7 nitrogen and oxygen atoms in total. The van der Waals surface area contributed by atoms with Crippen LogP contribution in [-0.2, 0) is 16.2 Å². The number of nitrogens with zero attached hydrogens (tertiary/aromatic N) is 2. The van der Waals surface area contributed by atoms with Gasteiger partial charge in [0.25, 0.3) is 11.8 Å². The number of anilines is 2. The van der Waals surface area contributed by atoms with E-state index < -0.39 is 17.8 Å². The third-order valence-electron chi connectivity index (χ3n) is 9.87. The van der Waals surface area contributed by atoms with Gasteiger partial charge in [-0.2, -0.15) is 0 Å². The van der Waals surface area contributed by atoms with Crippen LogP contribution in [0.5, 0.6) is 5.75 Å². The largest absolute Gasteiger partial charge is 0.489 e. The number of barbiturate groups is 1. The Kier molecular flexibility index (Phi) is 8.20. The van der Waals surface area contributed by atoms with Crippen molar-refractivity contribution in [2.45, 2.75) is 31.3 Å². The molecule has 3 aliphatic heterocycles. The second kappa shape index (κ2) is 13.1. The van der Waals surface area contributed by atoms with E-state index in [-0.39, 0.29) is 29.8 Å². The fraction of sp³-hybridized carbons (Fsp3) is 0.167. The monoisotopic (exact) mass is 663 g/mol. The van der Waals surface area contributed by atoms with Gasteiger partial charge in [0.15, 0.2) is 0 Å². The van der Waals surface area contributed by atoms with E-state index in [0.717, 1.165) is 47.5 Å².